The van der Waals surface area contributed by atoms with Gasteiger partial charge in [-0.15, -0.1) is 0 Å². The quantitative estimate of drug-likeness (QED) is 0.405. The highest BCUT2D eigenvalue weighted by Crippen LogP contribution is 2.66. The average Bonchev–Trinajstić information content (AvgIpc) is 3.65. The van der Waals surface area contributed by atoms with E-state index in [1.54, 1.807) is 0 Å². The number of hydrogen-bond acceptors (Lipinski definition) is 1. The van der Waals surface area contributed by atoms with E-state index in [2.05, 4.69) is 27.7 Å². The number of aliphatic hydroxyl groups excluding tert-OH is 1. The first-order valence-corrected chi connectivity index (χ1v) is 15.5. The molecule has 194 valence electrons. The molecule has 5 aliphatic carbocycles. The van der Waals surface area contributed by atoms with Gasteiger partial charge in [0, 0.05) is 0 Å². The molecule has 5 aliphatic rings. The zero-order chi connectivity index (χ0) is 24.1. The number of rotatable bonds is 5. The molecule has 0 radical (unpaired) electrons. The van der Waals surface area contributed by atoms with Crippen molar-refractivity contribution in [3.63, 3.8) is 0 Å². The molecule has 33 heavy (non-hydrogen) atoms. The summed E-state index contributed by atoms with van der Waals surface area (Å²) in [6.07, 6.45) is 24.2. The third kappa shape index (κ3) is 6.40. The first kappa shape index (κ1) is 27.5. The molecule has 0 aromatic rings. The van der Waals surface area contributed by atoms with Crippen LogP contribution < -0.4 is 0 Å². The van der Waals surface area contributed by atoms with Crippen LogP contribution in [0.2, 0.25) is 0 Å². The Bertz CT molecular complexity index is 564. The van der Waals surface area contributed by atoms with Crippen LogP contribution in [-0.4, -0.2) is 11.2 Å². The van der Waals surface area contributed by atoms with Crippen molar-refractivity contribution >= 4 is 0 Å². The molecule has 0 bridgehead atoms. The van der Waals surface area contributed by atoms with Crippen molar-refractivity contribution in [2.24, 2.45) is 46.3 Å². The Kier molecular flexibility index (Phi) is 10.2. The predicted octanol–water partition coefficient (Wildman–Crippen LogP) is 9.81. The maximum atomic E-state index is 10.3. The summed E-state index contributed by atoms with van der Waals surface area (Å²) in [5, 5.41) is 10.3. The molecular weight excluding hydrogens is 400 g/mol. The van der Waals surface area contributed by atoms with Crippen LogP contribution in [0.4, 0.5) is 0 Å². The minimum absolute atomic E-state index is 0.00707. The summed E-state index contributed by atoms with van der Waals surface area (Å²) < 4.78 is 0. The van der Waals surface area contributed by atoms with Gasteiger partial charge in [0.25, 0.3) is 0 Å². The standard InChI is InChI=1S/C27H48O.C3H6.C2H6/c1-19(2)8-5-6-9-20-12-14-25-23-13-11-21-18-22(28)15-17-27(21,4)24(23)10-7-16-26(20,25)3;1-2-3-1;1-2/h19-25,28H,5-18H2,1-4H3;1-3H2;1-2H3. The highest BCUT2D eigenvalue weighted by molar-refractivity contribution is 5.07. The van der Waals surface area contributed by atoms with Gasteiger partial charge in [-0.05, 0) is 111 Å². The van der Waals surface area contributed by atoms with Crippen LogP contribution in [0.5, 0.6) is 0 Å². The molecule has 0 amide bonds. The molecule has 0 heterocycles. The normalized spacial score (nSPS) is 43.6. The van der Waals surface area contributed by atoms with Gasteiger partial charge >= 0.3 is 0 Å². The summed E-state index contributed by atoms with van der Waals surface area (Å²) in [5.74, 6) is 5.61. The second-order valence-electron chi connectivity index (χ2n) is 13.5. The fraction of sp³-hybridized carbons (Fsp3) is 1.00. The lowest BCUT2D eigenvalue weighted by atomic mass is 9.49. The summed E-state index contributed by atoms with van der Waals surface area (Å²) in [6.45, 7) is 14.1. The second-order valence-corrected chi connectivity index (χ2v) is 13.5. The number of aliphatic hydroxyl groups is 1. The molecule has 1 nitrogen and oxygen atoms in total. The molecule has 1 N–H and O–H groups in total. The molecule has 5 fully saturated rings. The Morgan fingerprint density at radius 2 is 1.45 bits per heavy atom. The summed E-state index contributed by atoms with van der Waals surface area (Å²) in [7, 11) is 0. The van der Waals surface area contributed by atoms with Crippen molar-refractivity contribution in [2.45, 2.75) is 157 Å². The Balaban J connectivity index is 0.000000554. The van der Waals surface area contributed by atoms with E-state index < -0.39 is 0 Å². The predicted molar refractivity (Wildman–Crippen MR) is 144 cm³/mol. The van der Waals surface area contributed by atoms with Gasteiger partial charge in [0.2, 0.25) is 0 Å². The minimum Gasteiger partial charge on any atom is -0.393 e. The lowest BCUT2D eigenvalue weighted by Crippen LogP contribution is -2.50. The molecule has 5 saturated carbocycles. The van der Waals surface area contributed by atoms with Gasteiger partial charge in [0.1, 0.15) is 0 Å². The van der Waals surface area contributed by atoms with Gasteiger partial charge in [-0.1, -0.05) is 86.5 Å². The van der Waals surface area contributed by atoms with E-state index in [0.29, 0.717) is 10.8 Å². The average molecular weight is 461 g/mol. The van der Waals surface area contributed by atoms with Crippen molar-refractivity contribution in [3.8, 4) is 0 Å². The van der Waals surface area contributed by atoms with Crippen LogP contribution in [0.25, 0.3) is 0 Å². The van der Waals surface area contributed by atoms with Crippen molar-refractivity contribution in [3.05, 3.63) is 0 Å². The fourth-order valence-corrected chi connectivity index (χ4v) is 9.00. The topological polar surface area (TPSA) is 20.2 Å². The van der Waals surface area contributed by atoms with E-state index in [1.165, 1.54) is 96.3 Å². The summed E-state index contributed by atoms with van der Waals surface area (Å²) in [6, 6.07) is 0. The molecule has 8 atom stereocenters. The zero-order valence-electron chi connectivity index (χ0n) is 23.5. The highest BCUT2D eigenvalue weighted by Gasteiger charge is 2.58. The number of unbranched alkanes of at least 4 members (excludes halogenated alkanes) is 1. The minimum atomic E-state index is -0.00707. The maximum Gasteiger partial charge on any atom is 0.0543 e. The highest BCUT2D eigenvalue weighted by atomic mass is 16.3. The van der Waals surface area contributed by atoms with Gasteiger partial charge < -0.3 is 5.11 Å². The largest absolute Gasteiger partial charge is 0.393 e. The third-order valence-electron chi connectivity index (χ3n) is 11.0. The third-order valence-corrected chi connectivity index (χ3v) is 11.0. The van der Waals surface area contributed by atoms with Gasteiger partial charge in [0.05, 0.1) is 6.10 Å². The van der Waals surface area contributed by atoms with E-state index >= 15 is 0 Å². The van der Waals surface area contributed by atoms with Crippen LogP contribution in [0.1, 0.15) is 151 Å². The monoisotopic (exact) mass is 460 g/mol. The van der Waals surface area contributed by atoms with Gasteiger partial charge in [0.15, 0.2) is 0 Å². The van der Waals surface area contributed by atoms with E-state index in [0.717, 1.165) is 48.3 Å². The number of hydrogen-bond donors (Lipinski definition) is 1. The smallest absolute Gasteiger partial charge is 0.0543 e. The molecule has 1 heteroatoms. The zero-order valence-corrected chi connectivity index (χ0v) is 23.5. The Hall–Kier alpha value is -0.0400. The lowest BCUT2D eigenvalue weighted by molar-refractivity contribution is -0.0909. The van der Waals surface area contributed by atoms with E-state index in [9.17, 15) is 5.11 Å². The molecule has 0 saturated heterocycles. The first-order valence-electron chi connectivity index (χ1n) is 15.5. The van der Waals surface area contributed by atoms with Gasteiger partial charge in [-0.2, -0.15) is 0 Å². The summed E-state index contributed by atoms with van der Waals surface area (Å²) >= 11 is 0. The van der Waals surface area contributed by atoms with E-state index in [1.807, 2.05) is 13.8 Å². The SMILES string of the molecule is C1CC1.CC.CC(C)CCCCC1CCC2C3CCC4CC(O)CCC4(C)C3CCCC12C. The molecule has 0 aliphatic heterocycles. The Morgan fingerprint density at radius 3 is 2.12 bits per heavy atom. The summed E-state index contributed by atoms with van der Waals surface area (Å²) in [4.78, 5) is 0. The molecule has 0 aromatic carbocycles. The lowest BCUT2D eigenvalue weighted by Gasteiger charge is -2.56. The van der Waals surface area contributed by atoms with Crippen LogP contribution in [0.15, 0.2) is 0 Å². The Labute approximate surface area is 208 Å². The molecule has 0 aromatic heterocycles. The molecular formula is C32H60O. The molecule has 0 spiro atoms. The van der Waals surface area contributed by atoms with Crippen molar-refractivity contribution < 1.29 is 5.11 Å². The molecule has 8 unspecified atom stereocenters. The van der Waals surface area contributed by atoms with Crippen molar-refractivity contribution in [2.75, 3.05) is 0 Å². The summed E-state index contributed by atoms with van der Waals surface area (Å²) in [5.41, 5.74) is 1.16. The fourth-order valence-electron chi connectivity index (χ4n) is 9.00. The van der Waals surface area contributed by atoms with E-state index in [4.69, 9.17) is 0 Å². The number of fused-ring (bicyclic) bond motifs is 5. The molecule has 5 rings (SSSR count). The van der Waals surface area contributed by atoms with Crippen LogP contribution in [0.3, 0.4) is 0 Å². The van der Waals surface area contributed by atoms with Crippen LogP contribution >= 0.6 is 0 Å². The first-order chi connectivity index (χ1) is 15.8. The second kappa shape index (κ2) is 12.3. The Morgan fingerprint density at radius 1 is 0.758 bits per heavy atom. The van der Waals surface area contributed by atoms with Crippen LogP contribution in [-0.2, 0) is 0 Å². The van der Waals surface area contributed by atoms with Crippen LogP contribution in [0, 0.1) is 46.3 Å². The van der Waals surface area contributed by atoms with E-state index in [-0.39, 0.29) is 6.10 Å². The van der Waals surface area contributed by atoms with Gasteiger partial charge in [-0.3, -0.25) is 0 Å². The van der Waals surface area contributed by atoms with Crippen molar-refractivity contribution in [1.82, 2.24) is 0 Å². The van der Waals surface area contributed by atoms with Crippen molar-refractivity contribution in [1.29, 1.82) is 0 Å². The maximum absolute atomic E-state index is 10.3. The van der Waals surface area contributed by atoms with Gasteiger partial charge in [-0.25, -0.2) is 0 Å².